The van der Waals surface area contributed by atoms with E-state index < -0.39 is 6.04 Å². The number of aromatic nitrogens is 4. The lowest BCUT2D eigenvalue weighted by molar-refractivity contribution is 0.0931. The maximum Gasteiger partial charge on any atom is 0.255 e. The Hall–Kier alpha value is -3.29. The molecule has 3 aromatic rings. The summed E-state index contributed by atoms with van der Waals surface area (Å²) in [5, 5.41) is 6.72. The van der Waals surface area contributed by atoms with Gasteiger partial charge in [0.15, 0.2) is 0 Å². The number of nitrogens with zero attached hydrogens (tertiary/aromatic N) is 4. The van der Waals surface area contributed by atoms with Crippen LogP contribution in [0.5, 0.6) is 0 Å². The summed E-state index contributed by atoms with van der Waals surface area (Å²) in [7, 11) is 0. The average Bonchev–Trinajstić information content (AvgIpc) is 3.05. The molecule has 1 amide bonds. The van der Waals surface area contributed by atoms with Crippen molar-refractivity contribution in [3.8, 4) is 11.4 Å². The molecule has 3 rings (SSSR count). The molecule has 0 aliphatic heterocycles. The molecule has 0 saturated heterocycles. The Morgan fingerprint density at radius 1 is 1.25 bits per heavy atom. The van der Waals surface area contributed by atoms with Crippen LogP contribution >= 0.6 is 0 Å². The standard InChI is InChI=1S/C16H16N6O2/c1-9-12(8-18-16(17)20-9)14(23)19-10(2)15-21-13(22-24-15)11-6-4-3-5-7-11/h3-8,10H,1-2H3,(H,19,23)(H2,17,18,20)/t10-/m0/s1. The van der Waals surface area contributed by atoms with Gasteiger partial charge in [-0.3, -0.25) is 4.79 Å². The number of hydrogen-bond acceptors (Lipinski definition) is 7. The number of benzene rings is 1. The first-order valence-electron chi connectivity index (χ1n) is 7.33. The van der Waals surface area contributed by atoms with Gasteiger partial charge in [0.05, 0.1) is 11.3 Å². The SMILES string of the molecule is Cc1nc(N)ncc1C(=O)N[C@@H](C)c1nc(-c2ccccc2)no1. The summed E-state index contributed by atoms with van der Waals surface area (Å²) in [5.41, 5.74) is 7.18. The van der Waals surface area contributed by atoms with E-state index in [1.165, 1.54) is 6.20 Å². The fourth-order valence-electron chi connectivity index (χ4n) is 2.16. The van der Waals surface area contributed by atoms with Gasteiger partial charge in [-0.25, -0.2) is 9.97 Å². The maximum atomic E-state index is 12.3. The van der Waals surface area contributed by atoms with Crippen molar-refractivity contribution >= 4 is 11.9 Å². The van der Waals surface area contributed by atoms with Crippen molar-refractivity contribution in [3.63, 3.8) is 0 Å². The zero-order valence-electron chi connectivity index (χ0n) is 13.2. The van der Waals surface area contributed by atoms with E-state index in [2.05, 4.69) is 25.4 Å². The van der Waals surface area contributed by atoms with Gasteiger partial charge in [-0.15, -0.1) is 0 Å². The highest BCUT2D eigenvalue weighted by Crippen LogP contribution is 2.18. The minimum Gasteiger partial charge on any atom is -0.368 e. The third-order valence-electron chi connectivity index (χ3n) is 3.43. The zero-order chi connectivity index (χ0) is 17.1. The van der Waals surface area contributed by atoms with Crippen LogP contribution in [0, 0.1) is 6.92 Å². The number of aryl methyl sites for hydroxylation is 1. The van der Waals surface area contributed by atoms with Gasteiger partial charge in [0.2, 0.25) is 17.7 Å². The van der Waals surface area contributed by atoms with Gasteiger partial charge >= 0.3 is 0 Å². The molecule has 0 saturated carbocycles. The van der Waals surface area contributed by atoms with Gasteiger partial charge in [-0.1, -0.05) is 35.5 Å². The second kappa shape index (κ2) is 6.45. The van der Waals surface area contributed by atoms with Crippen molar-refractivity contribution in [1.82, 2.24) is 25.4 Å². The Morgan fingerprint density at radius 3 is 2.71 bits per heavy atom. The van der Waals surface area contributed by atoms with Crippen LogP contribution in [0.15, 0.2) is 41.1 Å². The lowest BCUT2D eigenvalue weighted by atomic mass is 10.2. The first-order valence-corrected chi connectivity index (χ1v) is 7.33. The Bertz CT molecular complexity index is 862. The number of amides is 1. The molecule has 2 heterocycles. The second-order valence-corrected chi connectivity index (χ2v) is 5.24. The monoisotopic (exact) mass is 324 g/mol. The summed E-state index contributed by atoms with van der Waals surface area (Å²) in [6.07, 6.45) is 1.39. The minimum atomic E-state index is -0.459. The number of carbonyl (C=O) groups is 1. The predicted molar refractivity (Wildman–Crippen MR) is 86.8 cm³/mol. The molecule has 24 heavy (non-hydrogen) atoms. The van der Waals surface area contributed by atoms with E-state index in [9.17, 15) is 4.79 Å². The average molecular weight is 324 g/mol. The van der Waals surface area contributed by atoms with Gasteiger partial charge < -0.3 is 15.6 Å². The van der Waals surface area contributed by atoms with Crippen molar-refractivity contribution in [2.45, 2.75) is 19.9 Å². The third kappa shape index (κ3) is 3.22. The number of carbonyl (C=O) groups excluding carboxylic acids is 1. The smallest absolute Gasteiger partial charge is 0.255 e. The van der Waals surface area contributed by atoms with Crippen molar-refractivity contribution < 1.29 is 9.32 Å². The molecule has 0 fully saturated rings. The number of anilines is 1. The highest BCUT2D eigenvalue weighted by atomic mass is 16.5. The fourth-order valence-corrected chi connectivity index (χ4v) is 2.16. The van der Waals surface area contributed by atoms with E-state index >= 15 is 0 Å². The molecule has 1 aromatic carbocycles. The summed E-state index contributed by atoms with van der Waals surface area (Å²) >= 11 is 0. The number of nitrogen functional groups attached to an aromatic ring is 1. The van der Waals surface area contributed by atoms with E-state index in [1.807, 2.05) is 30.3 Å². The summed E-state index contributed by atoms with van der Waals surface area (Å²) in [6.45, 7) is 3.45. The summed E-state index contributed by atoms with van der Waals surface area (Å²) in [6, 6.07) is 8.99. The van der Waals surface area contributed by atoms with Crippen LogP contribution in [0.1, 0.15) is 34.9 Å². The molecule has 2 aromatic heterocycles. The normalized spacial score (nSPS) is 11.9. The molecule has 0 spiro atoms. The molecule has 3 N–H and O–H groups in total. The molecule has 0 radical (unpaired) electrons. The van der Waals surface area contributed by atoms with Gasteiger partial charge in [0.25, 0.3) is 5.91 Å². The molecule has 0 aliphatic carbocycles. The predicted octanol–water partition coefficient (Wildman–Crippen LogP) is 1.91. The van der Waals surface area contributed by atoms with Crippen LogP contribution in [0.4, 0.5) is 5.95 Å². The van der Waals surface area contributed by atoms with Gasteiger partial charge in [-0.2, -0.15) is 4.98 Å². The molecular formula is C16H16N6O2. The fraction of sp³-hybridized carbons (Fsp3) is 0.188. The maximum absolute atomic E-state index is 12.3. The lowest BCUT2D eigenvalue weighted by Crippen LogP contribution is -2.28. The zero-order valence-corrected chi connectivity index (χ0v) is 13.2. The number of nitrogens with one attached hydrogen (secondary N) is 1. The summed E-state index contributed by atoms with van der Waals surface area (Å²) in [4.78, 5) is 24.4. The van der Waals surface area contributed by atoms with Crippen LogP contribution in [-0.4, -0.2) is 26.0 Å². The van der Waals surface area contributed by atoms with Crippen LogP contribution in [0.2, 0.25) is 0 Å². The number of nitrogens with two attached hydrogens (primary N) is 1. The van der Waals surface area contributed by atoms with Crippen molar-refractivity contribution in [2.75, 3.05) is 5.73 Å². The molecule has 0 bridgehead atoms. The largest absolute Gasteiger partial charge is 0.368 e. The Balaban J connectivity index is 1.74. The minimum absolute atomic E-state index is 0.126. The van der Waals surface area contributed by atoms with E-state index in [4.69, 9.17) is 10.3 Å². The highest BCUT2D eigenvalue weighted by Gasteiger charge is 2.19. The molecular weight excluding hydrogens is 308 g/mol. The van der Waals surface area contributed by atoms with Crippen molar-refractivity contribution in [3.05, 3.63) is 53.7 Å². The second-order valence-electron chi connectivity index (χ2n) is 5.24. The molecule has 8 heteroatoms. The Labute approximate surface area is 138 Å². The summed E-state index contributed by atoms with van der Waals surface area (Å²) < 4.78 is 5.24. The van der Waals surface area contributed by atoms with Crippen LogP contribution in [0.25, 0.3) is 11.4 Å². The Kier molecular flexibility index (Phi) is 4.19. The van der Waals surface area contributed by atoms with E-state index in [0.29, 0.717) is 23.0 Å². The number of hydrogen-bond donors (Lipinski definition) is 2. The van der Waals surface area contributed by atoms with Crippen LogP contribution in [0.3, 0.4) is 0 Å². The number of rotatable bonds is 4. The van der Waals surface area contributed by atoms with Crippen molar-refractivity contribution in [2.24, 2.45) is 0 Å². The van der Waals surface area contributed by atoms with Crippen molar-refractivity contribution in [1.29, 1.82) is 0 Å². The quantitative estimate of drug-likeness (QED) is 0.752. The highest BCUT2D eigenvalue weighted by molar-refractivity contribution is 5.95. The van der Waals surface area contributed by atoms with Gasteiger partial charge in [-0.05, 0) is 13.8 Å². The van der Waals surface area contributed by atoms with Gasteiger partial charge in [0, 0.05) is 11.8 Å². The first kappa shape index (κ1) is 15.6. The van der Waals surface area contributed by atoms with E-state index in [0.717, 1.165) is 5.56 Å². The summed E-state index contributed by atoms with van der Waals surface area (Å²) in [5.74, 6) is 0.580. The molecule has 0 aliphatic rings. The molecule has 122 valence electrons. The Morgan fingerprint density at radius 2 is 2.00 bits per heavy atom. The van der Waals surface area contributed by atoms with Crippen LogP contribution < -0.4 is 11.1 Å². The van der Waals surface area contributed by atoms with E-state index in [1.54, 1.807) is 13.8 Å². The molecule has 1 atom stereocenters. The molecule has 0 unspecified atom stereocenters. The van der Waals surface area contributed by atoms with Crippen LogP contribution in [-0.2, 0) is 0 Å². The third-order valence-corrected chi connectivity index (χ3v) is 3.43. The van der Waals surface area contributed by atoms with Gasteiger partial charge in [0.1, 0.15) is 6.04 Å². The van der Waals surface area contributed by atoms with E-state index in [-0.39, 0.29) is 11.9 Å². The first-order chi connectivity index (χ1) is 11.5. The lowest BCUT2D eigenvalue weighted by Gasteiger charge is -2.10. The molecule has 8 nitrogen and oxygen atoms in total. The topological polar surface area (TPSA) is 120 Å².